The molecule has 7 nitrogen and oxygen atoms in total. The van der Waals surface area contributed by atoms with Gasteiger partial charge >= 0.3 is 6.09 Å². The molecule has 28 heavy (non-hydrogen) atoms. The maximum Gasteiger partial charge on any atom is 0.414 e. The van der Waals surface area contributed by atoms with Gasteiger partial charge in [0.25, 0.3) is 5.17 Å². The van der Waals surface area contributed by atoms with Crippen LogP contribution < -0.4 is 15.1 Å². The van der Waals surface area contributed by atoms with Crippen LogP contribution >= 0.6 is 12.2 Å². The van der Waals surface area contributed by atoms with Gasteiger partial charge in [-0.2, -0.15) is 5.26 Å². The molecule has 3 rings (SSSR count). The van der Waals surface area contributed by atoms with Gasteiger partial charge in [-0.3, -0.25) is 4.90 Å². The van der Waals surface area contributed by atoms with Gasteiger partial charge in [0.2, 0.25) is 0 Å². The van der Waals surface area contributed by atoms with Crippen molar-refractivity contribution in [2.45, 2.75) is 18.9 Å². The number of rotatable bonds is 4. The fraction of sp³-hybridized carbons (Fsp3) is 0.421. The Morgan fingerprint density at radius 2 is 2.25 bits per heavy atom. The predicted molar refractivity (Wildman–Crippen MR) is 107 cm³/mol. The van der Waals surface area contributed by atoms with Crippen LogP contribution in [-0.2, 0) is 9.47 Å². The number of carbonyl (C=O) groups excluding carboxylic acids is 1. The number of nitrogens with one attached hydrogen (secondary N) is 1. The summed E-state index contributed by atoms with van der Waals surface area (Å²) < 4.78 is 24.9. The van der Waals surface area contributed by atoms with Gasteiger partial charge < -0.3 is 19.7 Å². The summed E-state index contributed by atoms with van der Waals surface area (Å²) in [7, 11) is 1.45. The fourth-order valence-electron chi connectivity index (χ4n) is 3.30. The van der Waals surface area contributed by atoms with Gasteiger partial charge in [-0.25, -0.2) is 9.18 Å². The SMILES string of the molecule is COC(=S)NC[C@H]1CN(c2ccc(N3CCC(=CC#N)CC3)c(F)c2)C(=O)O1. The molecule has 2 heterocycles. The lowest BCUT2D eigenvalue weighted by Crippen LogP contribution is -2.34. The highest BCUT2D eigenvalue weighted by Gasteiger charge is 2.33. The average molecular weight is 404 g/mol. The van der Waals surface area contributed by atoms with E-state index < -0.39 is 12.2 Å². The third kappa shape index (κ3) is 4.51. The van der Waals surface area contributed by atoms with Gasteiger partial charge in [0, 0.05) is 19.2 Å². The number of halogens is 1. The minimum Gasteiger partial charge on any atom is -0.474 e. The summed E-state index contributed by atoms with van der Waals surface area (Å²) in [4.78, 5) is 15.5. The van der Waals surface area contributed by atoms with Gasteiger partial charge in [0.15, 0.2) is 0 Å². The van der Waals surface area contributed by atoms with E-state index in [9.17, 15) is 9.18 Å². The maximum absolute atomic E-state index is 14.7. The lowest BCUT2D eigenvalue weighted by atomic mass is 10.0. The fourth-order valence-corrected chi connectivity index (χ4v) is 3.38. The van der Waals surface area contributed by atoms with Crippen LogP contribution in [0.1, 0.15) is 12.8 Å². The van der Waals surface area contributed by atoms with Crippen LogP contribution in [0.2, 0.25) is 0 Å². The van der Waals surface area contributed by atoms with Gasteiger partial charge in [0.05, 0.1) is 37.6 Å². The minimum atomic E-state index is -0.522. The number of anilines is 2. The number of piperidine rings is 1. The number of benzene rings is 1. The Morgan fingerprint density at radius 1 is 1.50 bits per heavy atom. The first-order chi connectivity index (χ1) is 13.5. The van der Waals surface area contributed by atoms with Crippen LogP contribution in [0.4, 0.5) is 20.6 Å². The van der Waals surface area contributed by atoms with Crippen LogP contribution in [0, 0.1) is 17.1 Å². The highest BCUT2D eigenvalue weighted by molar-refractivity contribution is 7.80. The quantitative estimate of drug-likeness (QED) is 0.611. The van der Waals surface area contributed by atoms with Crippen molar-refractivity contribution in [1.82, 2.24) is 5.32 Å². The predicted octanol–water partition coefficient (Wildman–Crippen LogP) is 2.72. The van der Waals surface area contributed by atoms with E-state index in [1.54, 1.807) is 18.2 Å². The number of hydrogen-bond donors (Lipinski definition) is 1. The number of nitriles is 1. The summed E-state index contributed by atoms with van der Waals surface area (Å²) in [5.74, 6) is -0.389. The summed E-state index contributed by atoms with van der Waals surface area (Å²) in [5.41, 5.74) is 2.03. The first-order valence-electron chi connectivity index (χ1n) is 8.94. The molecule has 2 aliphatic heterocycles. The molecule has 2 saturated heterocycles. The molecule has 1 aromatic rings. The second-order valence-corrected chi connectivity index (χ2v) is 6.91. The van der Waals surface area contributed by atoms with E-state index in [0.29, 0.717) is 37.6 Å². The first-order valence-corrected chi connectivity index (χ1v) is 9.34. The molecule has 148 valence electrons. The van der Waals surface area contributed by atoms with Gasteiger partial charge in [-0.1, -0.05) is 5.57 Å². The molecule has 0 radical (unpaired) electrons. The smallest absolute Gasteiger partial charge is 0.414 e. The van der Waals surface area contributed by atoms with Crippen LogP contribution in [0.15, 0.2) is 29.8 Å². The normalized spacial score (nSPS) is 19.1. The Morgan fingerprint density at radius 3 is 2.89 bits per heavy atom. The molecule has 0 aromatic heterocycles. The number of methoxy groups -OCH3 is 1. The molecular weight excluding hydrogens is 383 g/mol. The van der Waals surface area contributed by atoms with E-state index in [-0.39, 0.29) is 11.0 Å². The van der Waals surface area contributed by atoms with E-state index in [2.05, 4.69) is 5.32 Å². The van der Waals surface area contributed by atoms with Crippen LogP contribution in [0.5, 0.6) is 0 Å². The van der Waals surface area contributed by atoms with Gasteiger partial charge in [0.1, 0.15) is 11.9 Å². The molecule has 9 heteroatoms. The molecular formula is C19H21FN4O3S. The zero-order chi connectivity index (χ0) is 20.1. The molecule has 0 bridgehead atoms. The molecule has 1 atom stereocenters. The van der Waals surface area contributed by atoms with E-state index in [1.165, 1.54) is 18.1 Å². The molecule has 0 unspecified atom stereocenters. The third-order valence-corrected chi connectivity index (χ3v) is 5.10. The maximum atomic E-state index is 14.7. The van der Waals surface area contributed by atoms with E-state index in [4.69, 9.17) is 27.0 Å². The van der Waals surface area contributed by atoms with Crippen molar-refractivity contribution >= 4 is 34.9 Å². The number of carbonyl (C=O) groups is 1. The van der Waals surface area contributed by atoms with Crippen molar-refractivity contribution in [2.75, 3.05) is 43.1 Å². The highest BCUT2D eigenvalue weighted by atomic mass is 32.1. The number of cyclic esters (lactones) is 1. The molecule has 2 aliphatic rings. The van der Waals surface area contributed by atoms with Crippen molar-refractivity contribution < 1.29 is 18.7 Å². The Kier molecular flexibility index (Phi) is 6.31. The lowest BCUT2D eigenvalue weighted by molar-refractivity contribution is 0.142. The summed E-state index contributed by atoms with van der Waals surface area (Å²) in [6, 6.07) is 6.80. The Balaban J connectivity index is 1.64. The zero-order valence-electron chi connectivity index (χ0n) is 15.5. The van der Waals surface area contributed by atoms with Gasteiger partial charge in [-0.05, 0) is 43.3 Å². The summed E-state index contributed by atoms with van der Waals surface area (Å²) >= 11 is 4.90. The number of allylic oxidation sites excluding steroid dienone is 1. The summed E-state index contributed by atoms with van der Waals surface area (Å²) in [6.45, 7) is 1.93. The molecule has 0 spiro atoms. The topological polar surface area (TPSA) is 77.8 Å². The summed E-state index contributed by atoms with van der Waals surface area (Å²) in [6.07, 6.45) is 2.12. The van der Waals surface area contributed by atoms with E-state index in [1.807, 2.05) is 11.0 Å². The van der Waals surface area contributed by atoms with Crippen molar-refractivity contribution in [3.63, 3.8) is 0 Å². The minimum absolute atomic E-state index is 0.221. The average Bonchev–Trinajstić information content (AvgIpc) is 3.07. The number of ether oxygens (including phenoxy) is 2. The van der Waals surface area contributed by atoms with Crippen LogP contribution in [-0.4, -0.2) is 50.7 Å². The molecule has 2 fully saturated rings. The molecule has 1 aromatic carbocycles. The Bertz CT molecular complexity index is 829. The monoisotopic (exact) mass is 404 g/mol. The number of hydrogen-bond acceptors (Lipinski definition) is 6. The summed E-state index contributed by atoms with van der Waals surface area (Å²) in [5, 5.41) is 11.8. The largest absolute Gasteiger partial charge is 0.474 e. The Labute approximate surface area is 168 Å². The van der Waals surface area contributed by atoms with E-state index in [0.717, 1.165) is 18.4 Å². The molecule has 1 amide bonds. The first kappa shape index (κ1) is 19.9. The van der Waals surface area contributed by atoms with Crippen molar-refractivity contribution in [2.24, 2.45) is 0 Å². The highest BCUT2D eigenvalue weighted by Crippen LogP contribution is 2.30. The second-order valence-electron chi connectivity index (χ2n) is 6.54. The zero-order valence-corrected chi connectivity index (χ0v) is 16.3. The second kappa shape index (κ2) is 8.89. The van der Waals surface area contributed by atoms with Crippen LogP contribution in [0.3, 0.4) is 0 Å². The number of nitrogens with zero attached hydrogens (tertiary/aromatic N) is 3. The number of thiocarbonyl (C=S) groups is 1. The third-order valence-electron chi connectivity index (χ3n) is 4.79. The molecule has 1 N–H and O–H groups in total. The lowest BCUT2D eigenvalue weighted by Gasteiger charge is -2.30. The van der Waals surface area contributed by atoms with Crippen molar-refractivity contribution in [1.29, 1.82) is 5.26 Å². The van der Waals surface area contributed by atoms with Crippen molar-refractivity contribution in [3.8, 4) is 6.07 Å². The molecule has 0 aliphatic carbocycles. The number of amides is 1. The Hall–Kier alpha value is -2.86. The van der Waals surface area contributed by atoms with Crippen molar-refractivity contribution in [3.05, 3.63) is 35.7 Å². The van der Waals surface area contributed by atoms with Crippen LogP contribution in [0.25, 0.3) is 0 Å². The molecule has 0 saturated carbocycles. The van der Waals surface area contributed by atoms with E-state index >= 15 is 0 Å². The standard InChI is InChI=1S/C19H21FN4O3S/c1-26-18(28)22-11-15-12-24(19(25)27-15)14-2-3-17(16(20)10-14)23-8-5-13(4-7-21)6-9-23/h2-4,10,15H,5-6,8-9,11-12H2,1H3,(H,22,28)/t15-/m0/s1. The van der Waals surface area contributed by atoms with Gasteiger partial charge in [-0.15, -0.1) is 0 Å².